The maximum atomic E-state index is 13.4. The van der Waals surface area contributed by atoms with Crippen LogP contribution in [0.25, 0.3) is 0 Å². The van der Waals surface area contributed by atoms with Crippen LogP contribution in [0, 0.1) is 5.41 Å². The number of methoxy groups -OCH3 is 1. The van der Waals surface area contributed by atoms with Gasteiger partial charge in [-0.15, -0.1) is 0 Å². The van der Waals surface area contributed by atoms with E-state index < -0.39 is 16.6 Å². The number of aliphatic hydroxyl groups is 1. The third kappa shape index (κ3) is 6.39. The number of hydrogen-bond donors (Lipinski definition) is 3. The van der Waals surface area contributed by atoms with Crippen molar-refractivity contribution in [2.24, 2.45) is 5.41 Å². The highest BCUT2D eigenvalue weighted by atomic mass is 32.2. The topological polar surface area (TPSA) is 133 Å². The Morgan fingerprint density at radius 1 is 1.15 bits per heavy atom. The number of aliphatic hydroxyl groups excluding tert-OH is 1. The van der Waals surface area contributed by atoms with Gasteiger partial charge in [0.15, 0.2) is 11.6 Å². The number of hydrogen-bond acceptors (Lipinski definition) is 9. The summed E-state index contributed by atoms with van der Waals surface area (Å²) >= 11 is 0. The van der Waals surface area contributed by atoms with E-state index in [2.05, 4.69) is 24.8 Å². The lowest BCUT2D eigenvalue weighted by Crippen LogP contribution is -2.41. The van der Waals surface area contributed by atoms with Crippen molar-refractivity contribution in [2.45, 2.75) is 38.7 Å². The Morgan fingerprint density at radius 2 is 1.92 bits per heavy atom. The van der Waals surface area contributed by atoms with Gasteiger partial charge in [-0.1, -0.05) is 0 Å². The summed E-state index contributed by atoms with van der Waals surface area (Å²) in [5.41, 5.74) is 2.42. The highest BCUT2D eigenvalue weighted by Crippen LogP contribution is 2.54. The first-order valence-electron chi connectivity index (χ1n) is 13.4. The molecule has 3 N–H and O–H groups in total. The van der Waals surface area contributed by atoms with Crippen LogP contribution in [-0.2, 0) is 14.8 Å². The van der Waals surface area contributed by atoms with Gasteiger partial charge in [0, 0.05) is 26.2 Å². The molecule has 5 rings (SSSR count). The molecule has 1 atom stereocenters. The van der Waals surface area contributed by atoms with Gasteiger partial charge in [-0.25, -0.2) is 13.4 Å². The monoisotopic (exact) mass is 559 g/mol. The number of morpholine rings is 1. The third-order valence-electron chi connectivity index (χ3n) is 7.83. The normalized spacial score (nSPS) is 20.5. The number of benzene rings is 1. The van der Waals surface area contributed by atoms with Crippen molar-refractivity contribution in [3.8, 4) is 5.75 Å². The Bertz CT molecular complexity index is 1310. The second kappa shape index (κ2) is 11.2. The Morgan fingerprint density at radius 3 is 2.59 bits per heavy atom. The SMILES string of the molecule is COc1ccc(C(=O)Nc2ccc(NS(=O)(=O)CCO)cc2N2CCC3(CC2)CC3)nc1N1CCO[C@@H](C)C1. The summed E-state index contributed by atoms with van der Waals surface area (Å²) in [5, 5.41) is 12.1. The second-order valence-corrected chi connectivity index (χ2v) is 12.5. The molecule has 0 unspecified atom stereocenters. The predicted octanol–water partition coefficient (Wildman–Crippen LogP) is 2.68. The highest BCUT2D eigenvalue weighted by molar-refractivity contribution is 7.92. The quantitative estimate of drug-likeness (QED) is 0.424. The molecule has 1 saturated carbocycles. The summed E-state index contributed by atoms with van der Waals surface area (Å²) in [4.78, 5) is 22.4. The van der Waals surface area contributed by atoms with Crippen molar-refractivity contribution in [3.05, 3.63) is 36.0 Å². The number of aromatic nitrogens is 1. The number of amides is 1. The first-order chi connectivity index (χ1) is 18.7. The molecule has 39 heavy (non-hydrogen) atoms. The molecule has 3 fully saturated rings. The lowest BCUT2D eigenvalue weighted by atomic mass is 9.93. The smallest absolute Gasteiger partial charge is 0.274 e. The van der Waals surface area contributed by atoms with E-state index in [9.17, 15) is 13.2 Å². The van der Waals surface area contributed by atoms with Gasteiger partial charge in [0.2, 0.25) is 10.0 Å². The Balaban J connectivity index is 1.40. The number of carbonyl (C=O) groups is 1. The summed E-state index contributed by atoms with van der Waals surface area (Å²) in [6.07, 6.45) is 4.71. The van der Waals surface area contributed by atoms with Gasteiger partial charge >= 0.3 is 0 Å². The maximum absolute atomic E-state index is 13.4. The number of sulfonamides is 1. The zero-order chi connectivity index (χ0) is 27.6. The molecule has 2 saturated heterocycles. The van der Waals surface area contributed by atoms with Gasteiger partial charge in [-0.3, -0.25) is 9.52 Å². The minimum absolute atomic E-state index is 0.0398. The van der Waals surface area contributed by atoms with E-state index in [0.717, 1.165) is 31.6 Å². The average Bonchev–Trinajstić information content (AvgIpc) is 3.68. The zero-order valence-corrected chi connectivity index (χ0v) is 23.3. The van der Waals surface area contributed by atoms with E-state index in [1.54, 1.807) is 37.4 Å². The molecule has 2 aromatic rings. The number of piperidine rings is 1. The van der Waals surface area contributed by atoms with Crippen LogP contribution >= 0.6 is 0 Å². The minimum Gasteiger partial charge on any atom is -0.493 e. The lowest BCUT2D eigenvalue weighted by Gasteiger charge is -2.35. The van der Waals surface area contributed by atoms with Crippen LogP contribution in [0.4, 0.5) is 22.9 Å². The number of ether oxygens (including phenoxy) is 2. The van der Waals surface area contributed by atoms with Crippen molar-refractivity contribution >= 4 is 38.8 Å². The van der Waals surface area contributed by atoms with E-state index in [1.165, 1.54) is 12.8 Å². The third-order valence-corrected chi connectivity index (χ3v) is 9.10. The molecule has 12 heteroatoms. The molecule has 0 radical (unpaired) electrons. The summed E-state index contributed by atoms with van der Waals surface area (Å²) in [6, 6.07) is 8.45. The average molecular weight is 560 g/mol. The predicted molar refractivity (Wildman–Crippen MR) is 150 cm³/mol. The molecule has 1 aromatic heterocycles. The van der Waals surface area contributed by atoms with Gasteiger partial charge in [0.1, 0.15) is 5.69 Å². The number of rotatable bonds is 9. The fraction of sp³-hybridized carbons (Fsp3) is 0.556. The lowest BCUT2D eigenvalue weighted by molar-refractivity contribution is 0.0527. The maximum Gasteiger partial charge on any atom is 0.274 e. The van der Waals surface area contributed by atoms with Gasteiger partial charge in [-0.2, -0.15) is 0 Å². The van der Waals surface area contributed by atoms with Crippen LogP contribution in [0.5, 0.6) is 5.75 Å². The molecule has 1 aliphatic carbocycles. The molecule has 212 valence electrons. The van der Waals surface area contributed by atoms with Crippen molar-refractivity contribution in [1.29, 1.82) is 0 Å². The molecular formula is C27H37N5O6S. The van der Waals surface area contributed by atoms with Crippen LogP contribution in [0.1, 0.15) is 43.1 Å². The molecular weight excluding hydrogens is 522 g/mol. The molecule has 3 heterocycles. The highest BCUT2D eigenvalue weighted by Gasteiger charge is 2.44. The number of anilines is 4. The standard InChI is InChI=1S/C27H37N5O6S/c1-19-18-32(13-15-38-19)25-24(37-2)6-5-22(28-25)26(34)29-21-4-3-20(30-39(35,36)16-14-33)17-23(21)31-11-9-27(7-8-27)10-12-31/h3-6,17,19,30,33H,7-16,18H2,1-2H3,(H,29,34)/t19-/m0/s1. The Kier molecular flexibility index (Phi) is 7.88. The number of carbonyl (C=O) groups excluding carboxylic acids is 1. The first-order valence-corrected chi connectivity index (χ1v) is 15.1. The summed E-state index contributed by atoms with van der Waals surface area (Å²) < 4.78 is 38.3. The van der Waals surface area contributed by atoms with Crippen LogP contribution in [-0.4, -0.2) is 82.8 Å². The van der Waals surface area contributed by atoms with Crippen molar-refractivity contribution in [1.82, 2.24) is 4.98 Å². The van der Waals surface area contributed by atoms with Crippen LogP contribution < -0.4 is 24.6 Å². The molecule has 0 bridgehead atoms. The van der Waals surface area contributed by atoms with Gasteiger partial charge < -0.3 is 29.7 Å². The van der Waals surface area contributed by atoms with Gasteiger partial charge in [0.05, 0.1) is 49.2 Å². The van der Waals surface area contributed by atoms with Crippen molar-refractivity contribution < 1.29 is 27.8 Å². The van der Waals surface area contributed by atoms with Crippen LogP contribution in [0.15, 0.2) is 30.3 Å². The summed E-state index contributed by atoms with van der Waals surface area (Å²) in [6.45, 7) is 5.04. The van der Waals surface area contributed by atoms with Gasteiger partial charge in [0.25, 0.3) is 5.91 Å². The minimum atomic E-state index is -3.69. The Labute approximate surface area is 229 Å². The fourth-order valence-corrected chi connectivity index (χ4v) is 6.19. The zero-order valence-electron chi connectivity index (χ0n) is 22.5. The molecule has 2 aliphatic heterocycles. The largest absolute Gasteiger partial charge is 0.493 e. The molecule has 1 spiro atoms. The Hall–Kier alpha value is -3.09. The second-order valence-electron chi connectivity index (χ2n) is 10.7. The number of nitrogens with one attached hydrogen (secondary N) is 2. The molecule has 1 aromatic carbocycles. The van der Waals surface area contributed by atoms with E-state index >= 15 is 0 Å². The summed E-state index contributed by atoms with van der Waals surface area (Å²) in [7, 11) is -2.11. The van der Waals surface area contributed by atoms with Crippen molar-refractivity contribution in [2.75, 3.05) is 72.1 Å². The van der Waals surface area contributed by atoms with Crippen molar-refractivity contribution in [3.63, 3.8) is 0 Å². The molecule has 11 nitrogen and oxygen atoms in total. The molecule has 3 aliphatic rings. The van der Waals surface area contributed by atoms with E-state index in [1.807, 2.05) is 6.92 Å². The number of nitrogens with zero attached hydrogens (tertiary/aromatic N) is 3. The number of pyridine rings is 1. The van der Waals surface area contributed by atoms with E-state index in [4.69, 9.17) is 14.6 Å². The molecule has 1 amide bonds. The fourth-order valence-electron chi connectivity index (χ4n) is 5.36. The summed E-state index contributed by atoms with van der Waals surface area (Å²) in [5.74, 6) is 0.425. The first kappa shape index (κ1) is 27.5. The van der Waals surface area contributed by atoms with Crippen LogP contribution in [0.3, 0.4) is 0 Å². The van der Waals surface area contributed by atoms with Gasteiger partial charge in [-0.05, 0) is 68.4 Å². The van der Waals surface area contributed by atoms with E-state index in [0.29, 0.717) is 48.1 Å². The van der Waals surface area contributed by atoms with Crippen LogP contribution in [0.2, 0.25) is 0 Å². The van der Waals surface area contributed by atoms with E-state index in [-0.39, 0.29) is 23.5 Å².